The number of fused-ring (bicyclic) bond motifs is 1. The molecule has 4 heteroatoms. The fourth-order valence-electron chi connectivity index (χ4n) is 1.30. The van der Waals surface area contributed by atoms with Crippen molar-refractivity contribution in [2.75, 3.05) is 0 Å². The molecule has 0 aliphatic heterocycles. The SMILES string of the molecule is NC(=S)Cn1cnc2ccccc21. The number of benzene rings is 1. The van der Waals surface area contributed by atoms with Crippen LogP contribution >= 0.6 is 12.2 Å². The maximum atomic E-state index is 5.46. The highest BCUT2D eigenvalue weighted by Crippen LogP contribution is 2.10. The van der Waals surface area contributed by atoms with Crippen molar-refractivity contribution in [3.63, 3.8) is 0 Å². The molecule has 1 heterocycles. The topological polar surface area (TPSA) is 43.8 Å². The number of para-hydroxylation sites is 2. The first kappa shape index (κ1) is 8.19. The Bertz CT molecular complexity index is 447. The van der Waals surface area contributed by atoms with Gasteiger partial charge in [0.15, 0.2) is 0 Å². The number of aromatic nitrogens is 2. The fraction of sp³-hybridized carbons (Fsp3) is 0.111. The molecule has 0 amide bonds. The van der Waals surface area contributed by atoms with Crippen LogP contribution in [0.15, 0.2) is 30.6 Å². The lowest BCUT2D eigenvalue weighted by atomic mass is 10.3. The largest absolute Gasteiger partial charge is 0.392 e. The van der Waals surface area contributed by atoms with E-state index in [-0.39, 0.29) is 0 Å². The van der Waals surface area contributed by atoms with Crippen LogP contribution in [0.4, 0.5) is 0 Å². The minimum Gasteiger partial charge on any atom is -0.392 e. The molecule has 1 aromatic heterocycles. The van der Waals surface area contributed by atoms with E-state index in [1.165, 1.54) is 0 Å². The molecule has 0 spiro atoms. The average Bonchev–Trinajstić information content (AvgIpc) is 2.48. The molecule has 0 fully saturated rings. The molecular weight excluding hydrogens is 182 g/mol. The lowest BCUT2D eigenvalue weighted by Gasteiger charge is -2.00. The van der Waals surface area contributed by atoms with Crippen LogP contribution in [0.1, 0.15) is 0 Å². The van der Waals surface area contributed by atoms with Gasteiger partial charge in [0, 0.05) is 0 Å². The summed E-state index contributed by atoms with van der Waals surface area (Å²) in [5, 5.41) is 0. The third kappa shape index (κ3) is 1.53. The summed E-state index contributed by atoms with van der Waals surface area (Å²) in [6.07, 6.45) is 1.75. The zero-order chi connectivity index (χ0) is 9.26. The minimum absolute atomic E-state index is 0.475. The Morgan fingerprint density at radius 2 is 2.23 bits per heavy atom. The molecule has 13 heavy (non-hydrogen) atoms. The van der Waals surface area contributed by atoms with Crippen molar-refractivity contribution >= 4 is 28.2 Å². The Morgan fingerprint density at radius 1 is 1.46 bits per heavy atom. The molecule has 0 unspecified atom stereocenters. The predicted molar refractivity (Wildman–Crippen MR) is 56.5 cm³/mol. The van der Waals surface area contributed by atoms with Gasteiger partial charge in [0.05, 0.1) is 28.9 Å². The first-order valence-corrected chi connectivity index (χ1v) is 4.36. The number of nitrogens with two attached hydrogens (primary N) is 1. The summed E-state index contributed by atoms with van der Waals surface area (Å²) in [7, 11) is 0. The molecule has 2 N–H and O–H groups in total. The van der Waals surface area contributed by atoms with Gasteiger partial charge in [-0.3, -0.25) is 0 Å². The van der Waals surface area contributed by atoms with Gasteiger partial charge in [0.2, 0.25) is 0 Å². The van der Waals surface area contributed by atoms with E-state index in [4.69, 9.17) is 18.0 Å². The second kappa shape index (κ2) is 3.14. The molecule has 3 nitrogen and oxygen atoms in total. The highest BCUT2D eigenvalue weighted by Gasteiger charge is 2.00. The van der Waals surface area contributed by atoms with Gasteiger partial charge in [-0.05, 0) is 12.1 Å². The molecule has 0 atom stereocenters. The number of nitrogens with zero attached hydrogens (tertiary/aromatic N) is 2. The van der Waals surface area contributed by atoms with Crippen LogP contribution in [-0.4, -0.2) is 14.5 Å². The van der Waals surface area contributed by atoms with Crippen molar-refractivity contribution < 1.29 is 0 Å². The molecule has 0 radical (unpaired) electrons. The Balaban J connectivity index is 2.51. The number of rotatable bonds is 2. The predicted octanol–water partition coefficient (Wildman–Crippen LogP) is 1.32. The molecule has 0 aliphatic carbocycles. The van der Waals surface area contributed by atoms with Crippen LogP contribution in [0, 0.1) is 0 Å². The minimum atomic E-state index is 0.475. The molecule has 2 aromatic rings. The third-order valence-corrected chi connectivity index (χ3v) is 1.98. The van der Waals surface area contributed by atoms with Gasteiger partial charge in [-0.25, -0.2) is 4.98 Å². The van der Waals surface area contributed by atoms with Crippen LogP contribution in [0.25, 0.3) is 11.0 Å². The lowest BCUT2D eigenvalue weighted by Crippen LogP contribution is -2.15. The van der Waals surface area contributed by atoms with Crippen molar-refractivity contribution in [3.05, 3.63) is 30.6 Å². The maximum absolute atomic E-state index is 5.46. The monoisotopic (exact) mass is 191 g/mol. The summed E-state index contributed by atoms with van der Waals surface area (Å²) in [5.74, 6) is 0. The fourth-order valence-corrected chi connectivity index (χ4v) is 1.44. The van der Waals surface area contributed by atoms with Gasteiger partial charge in [-0.2, -0.15) is 0 Å². The first-order valence-electron chi connectivity index (χ1n) is 3.95. The van der Waals surface area contributed by atoms with Crippen molar-refractivity contribution in [1.29, 1.82) is 0 Å². The summed E-state index contributed by atoms with van der Waals surface area (Å²) >= 11 is 4.84. The van der Waals surface area contributed by atoms with Crippen molar-refractivity contribution in [3.8, 4) is 0 Å². The van der Waals surface area contributed by atoms with E-state index in [0.717, 1.165) is 11.0 Å². The van der Waals surface area contributed by atoms with Gasteiger partial charge in [0.25, 0.3) is 0 Å². The highest BCUT2D eigenvalue weighted by atomic mass is 32.1. The first-order chi connectivity index (χ1) is 6.27. The van der Waals surface area contributed by atoms with Crippen LogP contribution in [0.2, 0.25) is 0 Å². The van der Waals surface area contributed by atoms with E-state index < -0.39 is 0 Å². The molecule has 1 aromatic carbocycles. The molecule has 0 aliphatic rings. The summed E-state index contributed by atoms with van der Waals surface area (Å²) in [6.45, 7) is 0.551. The second-order valence-corrected chi connectivity index (χ2v) is 3.35. The van der Waals surface area contributed by atoms with Crippen LogP contribution < -0.4 is 5.73 Å². The van der Waals surface area contributed by atoms with E-state index in [9.17, 15) is 0 Å². The van der Waals surface area contributed by atoms with Crippen molar-refractivity contribution in [2.45, 2.75) is 6.54 Å². The molecule has 0 saturated heterocycles. The zero-order valence-corrected chi connectivity index (χ0v) is 7.79. The van der Waals surface area contributed by atoms with E-state index in [1.807, 2.05) is 28.8 Å². The summed E-state index contributed by atoms with van der Waals surface area (Å²) in [4.78, 5) is 4.69. The Morgan fingerprint density at radius 3 is 3.00 bits per heavy atom. The van der Waals surface area contributed by atoms with E-state index in [2.05, 4.69) is 4.98 Å². The molecule has 0 bridgehead atoms. The quantitative estimate of drug-likeness (QED) is 0.728. The van der Waals surface area contributed by atoms with Crippen LogP contribution in [-0.2, 0) is 6.54 Å². The lowest BCUT2D eigenvalue weighted by molar-refractivity contribution is 0.884. The van der Waals surface area contributed by atoms with Crippen molar-refractivity contribution in [1.82, 2.24) is 9.55 Å². The van der Waals surface area contributed by atoms with Gasteiger partial charge in [-0.1, -0.05) is 24.4 Å². The molecule has 2 rings (SSSR count). The zero-order valence-electron chi connectivity index (χ0n) is 6.97. The normalized spacial score (nSPS) is 10.5. The Hall–Kier alpha value is -1.42. The summed E-state index contributed by atoms with van der Waals surface area (Å²) in [6, 6.07) is 7.90. The average molecular weight is 191 g/mol. The number of hydrogen-bond donors (Lipinski definition) is 1. The van der Waals surface area contributed by atoms with Gasteiger partial charge in [-0.15, -0.1) is 0 Å². The van der Waals surface area contributed by atoms with Gasteiger partial charge >= 0.3 is 0 Å². The Labute approximate surface area is 81.2 Å². The standard InChI is InChI=1S/C9H9N3S/c10-9(13)5-12-6-11-7-3-1-2-4-8(7)12/h1-4,6H,5H2,(H2,10,13). The smallest absolute Gasteiger partial charge is 0.0962 e. The highest BCUT2D eigenvalue weighted by molar-refractivity contribution is 7.80. The van der Waals surface area contributed by atoms with Crippen LogP contribution in [0.3, 0.4) is 0 Å². The van der Waals surface area contributed by atoms with Crippen molar-refractivity contribution in [2.24, 2.45) is 5.73 Å². The molecule has 0 saturated carbocycles. The summed E-state index contributed by atoms with van der Waals surface area (Å²) in [5.41, 5.74) is 7.49. The number of thiocarbonyl (C=S) groups is 1. The maximum Gasteiger partial charge on any atom is 0.0962 e. The van der Waals surface area contributed by atoms with E-state index in [1.54, 1.807) is 6.33 Å². The van der Waals surface area contributed by atoms with E-state index in [0.29, 0.717) is 11.5 Å². The summed E-state index contributed by atoms with van der Waals surface area (Å²) < 4.78 is 1.94. The number of hydrogen-bond acceptors (Lipinski definition) is 2. The third-order valence-electron chi connectivity index (χ3n) is 1.85. The van der Waals surface area contributed by atoms with Crippen LogP contribution in [0.5, 0.6) is 0 Å². The Kier molecular flexibility index (Phi) is 1.98. The molecular formula is C9H9N3S. The number of imidazole rings is 1. The van der Waals surface area contributed by atoms with Gasteiger partial charge in [0.1, 0.15) is 0 Å². The molecule has 66 valence electrons. The van der Waals surface area contributed by atoms with E-state index >= 15 is 0 Å². The van der Waals surface area contributed by atoms with Gasteiger partial charge < -0.3 is 10.3 Å². The second-order valence-electron chi connectivity index (χ2n) is 2.83.